The molecule has 1 aromatic carbocycles. The van der Waals surface area contributed by atoms with Gasteiger partial charge in [0.05, 0.1) is 0 Å². The zero-order chi connectivity index (χ0) is 8.72. The molecule has 0 aliphatic carbocycles. The number of hydrogen-bond acceptors (Lipinski definition) is 0. The van der Waals surface area contributed by atoms with Gasteiger partial charge in [0.25, 0.3) is 0 Å². The Labute approximate surface area is 80.1 Å². The lowest BCUT2D eigenvalue weighted by molar-refractivity contribution is 0.918. The third-order valence-electron chi connectivity index (χ3n) is 2.27. The molecule has 0 spiro atoms. The highest BCUT2D eigenvalue weighted by atomic mass is 79.9. The molecule has 2 aromatic rings. The quantitative estimate of drug-likeness (QED) is 0.647. The topological polar surface area (TPSA) is 4.93 Å². The first kappa shape index (κ1) is 7.87. The van der Waals surface area contributed by atoms with Crippen LogP contribution in [0.2, 0.25) is 0 Å². The van der Waals surface area contributed by atoms with Crippen LogP contribution in [-0.4, -0.2) is 4.57 Å². The maximum absolute atomic E-state index is 3.53. The van der Waals surface area contributed by atoms with Crippen LogP contribution >= 0.6 is 15.9 Å². The van der Waals surface area contributed by atoms with Crippen LogP contribution in [-0.2, 0) is 7.05 Å². The zero-order valence-corrected chi connectivity index (χ0v) is 8.72. The Balaban J connectivity index is 2.95. The first-order chi connectivity index (χ1) is 5.70. The first-order valence-electron chi connectivity index (χ1n) is 3.90. The Hall–Kier alpha value is -0.760. The fourth-order valence-corrected chi connectivity index (χ4v) is 1.93. The summed E-state index contributed by atoms with van der Waals surface area (Å²) < 4.78 is 3.36. The highest BCUT2D eigenvalue weighted by molar-refractivity contribution is 9.10. The van der Waals surface area contributed by atoms with Gasteiger partial charge >= 0.3 is 0 Å². The number of aryl methyl sites for hydroxylation is 2. The predicted molar refractivity (Wildman–Crippen MR) is 55.4 cm³/mol. The second-order valence-corrected chi connectivity index (χ2v) is 3.87. The van der Waals surface area contributed by atoms with Crippen molar-refractivity contribution in [1.29, 1.82) is 0 Å². The Bertz CT molecular complexity index is 429. The van der Waals surface area contributed by atoms with E-state index >= 15 is 0 Å². The minimum absolute atomic E-state index is 1.17. The fourth-order valence-electron chi connectivity index (χ4n) is 1.46. The summed E-state index contributed by atoms with van der Waals surface area (Å²) in [6.45, 7) is 2.12. The van der Waals surface area contributed by atoms with E-state index < -0.39 is 0 Å². The molecule has 1 aromatic heterocycles. The molecule has 1 heterocycles. The van der Waals surface area contributed by atoms with Crippen molar-refractivity contribution >= 4 is 26.8 Å². The lowest BCUT2D eigenvalue weighted by Crippen LogP contribution is -1.88. The van der Waals surface area contributed by atoms with Crippen molar-refractivity contribution in [3.05, 3.63) is 34.4 Å². The summed E-state index contributed by atoms with van der Waals surface area (Å²) in [7, 11) is 2.09. The number of halogens is 1. The molecule has 0 N–H and O–H groups in total. The number of rotatable bonds is 0. The molecule has 0 amide bonds. The minimum atomic E-state index is 1.17. The number of aromatic nitrogens is 1. The van der Waals surface area contributed by atoms with Crippen LogP contribution in [0.15, 0.2) is 28.7 Å². The largest absolute Gasteiger partial charge is 0.348 e. The maximum atomic E-state index is 3.53. The van der Waals surface area contributed by atoms with E-state index in [2.05, 4.69) is 58.7 Å². The van der Waals surface area contributed by atoms with Crippen LogP contribution in [0.5, 0.6) is 0 Å². The van der Waals surface area contributed by atoms with E-state index in [4.69, 9.17) is 0 Å². The van der Waals surface area contributed by atoms with Gasteiger partial charge in [-0.3, -0.25) is 0 Å². The molecular weight excluding hydrogens is 214 g/mol. The molecule has 12 heavy (non-hydrogen) atoms. The number of hydrogen-bond donors (Lipinski definition) is 0. The average Bonchev–Trinajstić information content (AvgIpc) is 2.32. The lowest BCUT2D eigenvalue weighted by atomic mass is 10.2. The van der Waals surface area contributed by atoms with E-state index in [-0.39, 0.29) is 0 Å². The van der Waals surface area contributed by atoms with Gasteiger partial charge in [0.15, 0.2) is 0 Å². The highest BCUT2D eigenvalue weighted by Crippen LogP contribution is 2.25. The van der Waals surface area contributed by atoms with Crippen molar-refractivity contribution in [2.24, 2.45) is 7.05 Å². The molecule has 0 fully saturated rings. The molecule has 0 bridgehead atoms. The molecule has 2 rings (SSSR count). The number of benzene rings is 1. The predicted octanol–water partition coefficient (Wildman–Crippen LogP) is 3.25. The summed E-state index contributed by atoms with van der Waals surface area (Å²) >= 11 is 3.53. The van der Waals surface area contributed by atoms with E-state index in [1.165, 1.54) is 21.1 Å². The van der Waals surface area contributed by atoms with E-state index in [9.17, 15) is 0 Å². The summed E-state index contributed by atoms with van der Waals surface area (Å²) in [6, 6.07) is 8.46. The Kier molecular flexibility index (Phi) is 1.72. The van der Waals surface area contributed by atoms with Gasteiger partial charge in [-0.25, -0.2) is 0 Å². The van der Waals surface area contributed by atoms with Crippen molar-refractivity contribution < 1.29 is 0 Å². The van der Waals surface area contributed by atoms with Crippen molar-refractivity contribution in [3.8, 4) is 0 Å². The van der Waals surface area contributed by atoms with Gasteiger partial charge in [0.1, 0.15) is 0 Å². The van der Waals surface area contributed by atoms with Crippen molar-refractivity contribution in [3.63, 3.8) is 0 Å². The first-order valence-corrected chi connectivity index (χ1v) is 4.70. The molecule has 0 aliphatic heterocycles. The molecule has 2 heteroatoms. The van der Waals surface area contributed by atoms with Crippen molar-refractivity contribution in [2.45, 2.75) is 6.92 Å². The molecule has 0 saturated carbocycles. The Morgan fingerprint density at radius 1 is 1.33 bits per heavy atom. The van der Waals surface area contributed by atoms with Crippen LogP contribution in [0.1, 0.15) is 5.69 Å². The van der Waals surface area contributed by atoms with Crippen LogP contribution in [0.4, 0.5) is 0 Å². The van der Waals surface area contributed by atoms with E-state index in [1.54, 1.807) is 0 Å². The molecule has 62 valence electrons. The molecule has 0 unspecified atom stereocenters. The molecule has 0 atom stereocenters. The fraction of sp³-hybridized carbons (Fsp3) is 0.200. The van der Waals surface area contributed by atoms with E-state index in [1.807, 2.05) is 0 Å². The van der Waals surface area contributed by atoms with Gasteiger partial charge in [-0.2, -0.15) is 0 Å². The molecule has 0 radical (unpaired) electrons. The zero-order valence-electron chi connectivity index (χ0n) is 7.13. The molecule has 0 aliphatic rings. The minimum Gasteiger partial charge on any atom is -0.348 e. The van der Waals surface area contributed by atoms with Gasteiger partial charge in [-0.15, -0.1) is 0 Å². The van der Waals surface area contributed by atoms with Gasteiger partial charge < -0.3 is 4.57 Å². The summed E-state index contributed by atoms with van der Waals surface area (Å²) in [5.41, 5.74) is 2.57. The van der Waals surface area contributed by atoms with Gasteiger partial charge in [0, 0.05) is 28.1 Å². The highest BCUT2D eigenvalue weighted by Gasteiger charge is 2.03. The standard InChI is InChI=1S/C10H10BrN/c1-7-6-8-9(11)4-3-5-10(8)12(7)2/h3-6H,1-2H3. The van der Waals surface area contributed by atoms with Crippen molar-refractivity contribution in [1.82, 2.24) is 4.57 Å². The van der Waals surface area contributed by atoms with Crippen LogP contribution in [0.3, 0.4) is 0 Å². The summed E-state index contributed by atoms with van der Waals surface area (Å²) in [6.07, 6.45) is 0. The Morgan fingerprint density at radius 3 is 2.75 bits per heavy atom. The second kappa shape index (κ2) is 2.63. The second-order valence-electron chi connectivity index (χ2n) is 3.02. The monoisotopic (exact) mass is 223 g/mol. The summed E-state index contributed by atoms with van der Waals surface area (Å²) in [4.78, 5) is 0. The molecule has 0 saturated heterocycles. The summed E-state index contributed by atoms with van der Waals surface area (Å²) in [5, 5.41) is 1.29. The van der Waals surface area contributed by atoms with Crippen LogP contribution in [0.25, 0.3) is 10.9 Å². The van der Waals surface area contributed by atoms with Crippen LogP contribution < -0.4 is 0 Å². The average molecular weight is 224 g/mol. The normalized spacial score (nSPS) is 10.9. The van der Waals surface area contributed by atoms with Gasteiger partial charge in [-0.05, 0) is 25.1 Å². The van der Waals surface area contributed by atoms with E-state index in [0.29, 0.717) is 0 Å². The lowest BCUT2D eigenvalue weighted by Gasteiger charge is -1.98. The number of fused-ring (bicyclic) bond motifs is 1. The van der Waals surface area contributed by atoms with Gasteiger partial charge in [0.2, 0.25) is 0 Å². The smallest absolute Gasteiger partial charge is 0.0491 e. The SMILES string of the molecule is Cc1cc2c(Br)cccc2n1C. The third-order valence-corrected chi connectivity index (χ3v) is 2.97. The third kappa shape index (κ3) is 0.985. The summed E-state index contributed by atoms with van der Waals surface area (Å²) in [5.74, 6) is 0. The van der Waals surface area contributed by atoms with Crippen molar-refractivity contribution in [2.75, 3.05) is 0 Å². The number of nitrogens with zero attached hydrogens (tertiary/aromatic N) is 1. The van der Waals surface area contributed by atoms with E-state index in [0.717, 1.165) is 0 Å². The molecular formula is C10H10BrN. The van der Waals surface area contributed by atoms with Gasteiger partial charge in [-0.1, -0.05) is 22.0 Å². The van der Waals surface area contributed by atoms with Crippen LogP contribution in [0, 0.1) is 6.92 Å². The molecule has 1 nitrogen and oxygen atoms in total. The Morgan fingerprint density at radius 2 is 2.08 bits per heavy atom. The maximum Gasteiger partial charge on any atom is 0.0491 e.